The summed E-state index contributed by atoms with van der Waals surface area (Å²) in [6.07, 6.45) is -4.63. The second-order valence-corrected chi connectivity index (χ2v) is 15.2. The average Bonchev–Trinajstić information content (AvgIpc) is 3.77. The van der Waals surface area contributed by atoms with Crippen molar-refractivity contribution in [3.05, 3.63) is 192 Å². The number of hydrogen-bond donors (Lipinski definition) is 0. The van der Waals surface area contributed by atoms with E-state index in [1.165, 1.54) is 6.07 Å². The summed E-state index contributed by atoms with van der Waals surface area (Å²) in [5.41, 5.74) is 11.2. The van der Waals surface area contributed by atoms with Crippen molar-refractivity contribution in [2.75, 3.05) is 0 Å². The van der Waals surface area contributed by atoms with Gasteiger partial charge in [-0.2, -0.15) is 23.7 Å². The summed E-state index contributed by atoms with van der Waals surface area (Å²) < 4.78 is 46.1. The quantitative estimate of drug-likeness (QED) is 0.175. The van der Waals surface area contributed by atoms with Crippen molar-refractivity contribution in [3.63, 3.8) is 0 Å². The summed E-state index contributed by atoms with van der Waals surface area (Å²) in [5.74, 6) is 0. The highest BCUT2D eigenvalue weighted by Gasteiger charge is 2.31. The van der Waals surface area contributed by atoms with Crippen LogP contribution in [-0.2, 0) is 6.18 Å². The van der Waals surface area contributed by atoms with Crippen LogP contribution >= 0.6 is 0 Å². The molecule has 0 spiro atoms. The fraction of sp³-hybridized carbons (Fsp3) is 0.0566. The van der Waals surface area contributed by atoms with Crippen molar-refractivity contribution in [3.8, 4) is 56.9 Å². The Morgan fingerprint density at radius 3 is 1.37 bits per heavy atom. The predicted octanol–water partition coefficient (Wildman–Crippen LogP) is 14.3. The second-order valence-electron chi connectivity index (χ2n) is 15.2. The zero-order valence-electron chi connectivity index (χ0n) is 32.5. The van der Waals surface area contributed by atoms with Crippen LogP contribution in [-0.4, -0.2) is 9.13 Å². The van der Waals surface area contributed by atoms with E-state index in [1.54, 1.807) is 0 Å². The van der Waals surface area contributed by atoms with Gasteiger partial charge in [-0.05, 0) is 119 Å². The van der Waals surface area contributed by atoms with Crippen molar-refractivity contribution in [2.24, 2.45) is 0 Å². The molecule has 10 rings (SSSR count). The first-order valence-corrected chi connectivity index (χ1v) is 19.5. The van der Waals surface area contributed by atoms with E-state index in [0.717, 1.165) is 89.1 Å². The summed E-state index contributed by atoms with van der Waals surface area (Å²) in [6.45, 7) is 4.17. The molecule has 0 fully saturated rings. The molecule has 60 heavy (non-hydrogen) atoms. The molecule has 0 atom stereocenters. The molecule has 286 valence electrons. The lowest BCUT2D eigenvalue weighted by Gasteiger charge is -2.19. The van der Waals surface area contributed by atoms with Crippen LogP contribution in [0.1, 0.15) is 27.8 Å². The first kappa shape index (κ1) is 36.5. The van der Waals surface area contributed by atoms with Crippen LogP contribution in [0.3, 0.4) is 0 Å². The van der Waals surface area contributed by atoms with E-state index >= 15 is 0 Å². The highest BCUT2D eigenvalue weighted by Crippen LogP contribution is 2.43. The summed E-state index contributed by atoms with van der Waals surface area (Å²) in [6, 6.07) is 56.7. The van der Waals surface area contributed by atoms with Gasteiger partial charge in [0.05, 0.1) is 50.6 Å². The largest absolute Gasteiger partial charge is 0.416 e. The highest BCUT2D eigenvalue weighted by atomic mass is 19.4. The Hall–Kier alpha value is -7.87. The molecule has 2 heterocycles. The molecule has 0 saturated heterocycles. The third-order valence-corrected chi connectivity index (χ3v) is 11.7. The van der Waals surface area contributed by atoms with Crippen molar-refractivity contribution in [2.45, 2.75) is 20.0 Å². The fourth-order valence-electron chi connectivity index (χ4n) is 8.89. The lowest BCUT2D eigenvalue weighted by Crippen LogP contribution is -2.07. The summed E-state index contributed by atoms with van der Waals surface area (Å²) in [4.78, 5) is 0. The van der Waals surface area contributed by atoms with E-state index < -0.39 is 11.7 Å². The number of aromatic nitrogens is 2. The number of alkyl halides is 3. The SMILES string of the molecule is Cc1ccccc1-c1ccc2c(c1)c1ccccc1n2-c1cc(-c2ccc(C(F)(F)F)cc2C#N)cc(-n2c3ccccc3c3cc(-c4ccccc4C)ccc32)c1C#N. The number of rotatable bonds is 5. The number of fused-ring (bicyclic) bond motifs is 6. The number of halogens is 3. The number of nitriles is 2. The molecule has 0 aliphatic rings. The summed E-state index contributed by atoms with van der Waals surface area (Å²) in [7, 11) is 0. The molecule has 0 radical (unpaired) electrons. The van der Waals surface area contributed by atoms with E-state index in [4.69, 9.17) is 0 Å². The maximum Gasteiger partial charge on any atom is 0.416 e. The zero-order chi connectivity index (χ0) is 41.3. The topological polar surface area (TPSA) is 57.4 Å². The second kappa shape index (κ2) is 13.9. The highest BCUT2D eigenvalue weighted by molar-refractivity contribution is 6.12. The molecule has 2 aromatic heterocycles. The molecule has 0 amide bonds. The Labute approximate surface area is 343 Å². The number of nitrogens with zero attached hydrogens (tertiary/aromatic N) is 4. The molecular weight excluding hydrogens is 750 g/mol. The van der Waals surface area contributed by atoms with Gasteiger partial charge in [0, 0.05) is 21.5 Å². The van der Waals surface area contributed by atoms with Gasteiger partial charge in [-0.3, -0.25) is 0 Å². The molecular formula is C53H33F3N4. The minimum absolute atomic E-state index is 0.123. The Morgan fingerprint density at radius 1 is 0.433 bits per heavy atom. The Balaban J connectivity index is 1.32. The Morgan fingerprint density at radius 2 is 0.900 bits per heavy atom. The molecule has 4 nitrogen and oxygen atoms in total. The van der Waals surface area contributed by atoms with E-state index in [9.17, 15) is 23.7 Å². The van der Waals surface area contributed by atoms with Gasteiger partial charge in [-0.25, -0.2) is 0 Å². The maximum absolute atomic E-state index is 14.0. The van der Waals surface area contributed by atoms with Gasteiger partial charge in [0.2, 0.25) is 0 Å². The van der Waals surface area contributed by atoms with Crippen molar-refractivity contribution < 1.29 is 13.2 Å². The Bertz CT molecular complexity index is 3300. The molecule has 0 saturated carbocycles. The van der Waals surface area contributed by atoms with Gasteiger partial charge in [0.15, 0.2) is 0 Å². The molecule has 0 unspecified atom stereocenters. The summed E-state index contributed by atoms with van der Waals surface area (Å²) in [5, 5.41) is 25.6. The normalized spacial score (nSPS) is 11.7. The lowest BCUT2D eigenvalue weighted by atomic mass is 9.95. The molecule has 8 aromatic carbocycles. The van der Waals surface area contributed by atoms with Gasteiger partial charge < -0.3 is 9.13 Å². The van der Waals surface area contributed by atoms with Crippen LogP contribution in [0.15, 0.2) is 164 Å². The molecule has 7 heteroatoms. The van der Waals surface area contributed by atoms with E-state index in [2.05, 4.69) is 102 Å². The van der Waals surface area contributed by atoms with Crippen molar-refractivity contribution in [1.29, 1.82) is 10.5 Å². The van der Waals surface area contributed by atoms with Gasteiger partial charge in [0.25, 0.3) is 0 Å². The van der Waals surface area contributed by atoms with Crippen LogP contribution in [0.4, 0.5) is 13.2 Å². The molecule has 0 N–H and O–H groups in total. The maximum atomic E-state index is 14.0. The minimum atomic E-state index is -4.63. The van der Waals surface area contributed by atoms with Gasteiger partial charge in [-0.1, -0.05) is 103 Å². The standard InChI is InChI=1S/C53H33F3N4/c1-32-11-3-5-13-39(32)34-19-23-49-44(26-34)42-15-7-9-17-47(42)59(49)51-28-36(41-22-21-38(53(54,55)56)25-37(41)30-57)29-52(46(51)31-58)60-48-18-10-8-16-43(48)45-27-35(20-24-50(45)60)40-14-6-4-12-33(40)2/h3-29H,1-2H3. The Kier molecular flexibility index (Phi) is 8.45. The van der Waals surface area contributed by atoms with Crippen LogP contribution in [0.2, 0.25) is 0 Å². The predicted molar refractivity (Wildman–Crippen MR) is 235 cm³/mol. The third-order valence-electron chi connectivity index (χ3n) is 11.7. The van der Waals surface area contributed by atoms with Crippen LogP contribution in [0.5, 0.6) is 0 Å². The summed E-state index contributed by atoms with van der Waals surface area (Å²) >= 11 is 0. The zero-order valence-corrected chi connectivity index (χ0v) is 32.5. The third kappa shape index (κ3) is 5.74. The molecule has 0 aliphatic heterocycles. The van der Waals surface area contributed by atoms with Gasteiger partial charge in [-0.15, -0.1) is 0 Å². The average molecular weight is 783 g/mol. The van der Waals surface area contributed by atoms with Crippen LogP contribution < -0.4 is 0 Å². The first-order chi connectivity index (χ1) is 29.1. The minimum Gasteiger partial charge on any atom is -0.308 e. The van der Waals surface area contributed by atoms with Crippen molar-refractivity contribution in [1.82, 2.24) is 9.13 Å². The smallest absolute Gasteiger partial charge is 0.308 e. The first-order valence-electron chi connectivity index (χ1n) is 19.5. The number of para-hydroxylation sites is 2. The number of hydrogen-bond acceptors (Lipinski definition) is 2. The van der Waals surface area contributed by atoms with Crippen LogP contribution in [0.25, 0.3) is 88.4 Å². The number of benzene rings is 8. The van der Waals surface area contributed by atoms with Gasteiger partial charge >= 0.3 is 6.18 Å². The van der Waals surface area contributed by atoms with E-state index in [-0.39, 0.29) is 5.56 Å². The molecule has 0 bridgehead atoms. The van der Waals surface area contributed by atoms with E-state index in [0.29, 0.717) is 28.1 Å². The monoisotopic (exact) mass is 782 g/mol. The van der Waals surface area contributed by atoms with Crippen molar-refractivity contribution >= 4 is 43.6 Å². The van der Waals surface area contributed by atoms with Gasteiger partial charge in [0.1, 0.15) is 11.6 Å². The lowest BCUT2D eigenvalue weighted by molar-refractivity contribution is -0.137. The van der Waals surface area contributed by atoms with E-state index in [1.807, 2.05) is 78.9 Å². The fourth-order valence-corrected chi connectivity index (χ4v) is 8.89. The molecule has 10 aromatic rings. The van der Waals surface area contributed by atoms with Crippen LogP contribution in [0, 0.1) is 36.5 Å². The number of aryl methyl sites for hydroxylation is 2. The molecule has 0 aliphatic carbocycles.